The van der Waals surface area contributed by atoms with E-state index in [1.165, 1.54) is 0 Å². The van der Waals surface area contributed by atoms with Gasteiger partial charge in [-0.2, -0.15) is 0 Å². The molecule has 1 fully saturated rings. The molecule has 1 heterocycles. The van der Waals surface area contributed by atoms with E-state index in [4.69, 9.17) is 21.1 Å². The summed E-state index contributed by atoms with van der Waals surface area (Å²) in [6.07, 6.45) is 2.09. The maximum atomic E-state index is 9.45. The van der Waals surface area contributed by atoms with Gasteiger partial charge in [-0.15, -0.1) is 0 Å². The molecule has 0 bridgehead atoms. The summed E-state index contributed by atoms with van der Waals surface area (Å²) in [5.41, 5.74) is 0.790. The minimum atomic E-state index is -0.518. The molecule has 100 valence electrons. The van der Waals surface area contributed by atoms with Crippen LogP contribution in [0.2, 0.25) is 5.02 Å². The van der Waals surface area contributed by atoms with Crippen LogP contribution in [0.15, 0.2) is 18.2 Å². The molecule has 2 rings (SSSR count). The topological polar surface area (TPSA) is 38.7 Å². The van der Waals surface area contributed by atoms with Crippen molar-refractivity contribution < 1.29 is 14.6 Å². The van der Waals surface area contributed by atoms with Gasteiger partial charge in [-0.3, -0.25) is 0 Å². The summed E-state index contributed by atoms with van der Waals surface area (Å²) in [5.74, 6) is 0.643. The third-order valence-corrected chi connectivity index (χ3v) is 3.48. The van der Waals surface area contributed by atoms with Gasteiger partial charge in [-0.05, 0) is 44.4 Å². The minimum absolute atomic E-state index is 0.160. The predicted molar refractivity (Wildman–Crippen MR) is 71.1 cm³/mol. The van der Waals surface area contributed by atoms with Crippen LogP contribution in [-0.4, -0.2) is 23.9 Å². The molecule has 3 atom stereocenters. The van der Waals surface area contributed by atoms with Crippen LogP contribution in [0.25, 0.3) is 0 Å². The number of aliphatic hydroxyl groups is 1. The molecule has 0 aromatic heterocycles. The maximum absolute atomic E-state index is 9.45. The Morgan fingerprint density at radius 1 is 1.50 bits per heavy atom. The van der Waals surface area contributed by atoms with E-state index in [0.717, 1.165) is 18.4 Å². The molecular formula is C14H19ClO3. The molecule has 3 unspecified atom stereocenters. The third kappa shape index (κ3) is 3.37. The summed E-state index contributed by atoms with van der Waals surface area (Å²) in [7, 11) is 0. The van der Waals surface area contributed by atoms with Gasteiger partial charge in [0.1, 0.15) is 12.4 Å². The van der Waals surface area contributed by atoms with E-state index in [1.54, 1.807) is 19.1 Å². The Labute approximate surface area is 113 Å². The zero-order valence-electron chi connectivity index (χ0n) is 10.7. The van der Waals surface area contributed by atoms with Crippen molar-refractivity contribution in [1.82, 2.24) is 0 Å². The third-order valence-electron chi connectivity index (χ3n) is 3.18. The molecule has 0 amide bonds. The number of ether oxygens (including phenoxy) is 2. The highest BCUT2D eigenvalue weighted by atomic mass is 35.5. The molecule has 18 heavy (non-hydrogen) atoms. The van der Waals surface area contributed by atoms with Crippen LogP contribution in [0.4, 0.5) is 0 Å². The lowest BCUT2D eigenvalue weighted by Crippen LogP contribution is -2.18. The van der Waals surface area contributed by atoms with Crippen LogP contribution in [0.1, 0.15) is 38.4 Å². The molecule has 0 saturated carbocycles. The second kappa shape index (κ2) is 5.91. The fourth-order valence-electron chi connectivity index (χ4n) is 2.08. The van der Waals surface area contributed by atoms with Gasteiger partial charge < -0.3 is 14.6 Å². The Morgan fingerprint density at radius 2 is 2.28 bits per heavy atom. The highest BCUT2D eigenvalue weighted by Crippen LogP contribution is 2.29. The van der Waals surface area contributed by atoms with Crippen molar-refractivity contribution >= 4 is 11.6 Å². The van der Waals surface area contributed by atoms with Gasteiger partial charge in [0.25, 0.3) is 0 Å². The van der Waals surface area contributed by atoms with Crippen molar-refractivity contribution in [3.05, 3.63) is 28.8 Å². The first-order chi connectivity index (χ1) is 8.56. The van der Waals surface area contributed by atoms with Crippen molar-refractivity contribution in [2.24, 2.45) is 0 Å². The normalized spacial score (nSPS) is 25.1. The van der Waals surface area contributed by atoms with Crippen LogP contribution in [0.5, 0.6) is 5.75 Å². The smallest absolute Gasteiger partial charge is 0.138 e. The quantitative estimate of drug-likeness (QED) is 0.912. The lowest BCUT2D eigenvalue weighted by atomic mass is 10.1. The summed E-state index contributed by atoms with van der Waals surface area (Å²) in [4.78, 5) is 0. The second-order valence-corrected chi connectivity index (χ2v) is 5.23. The molecular weight excluding hydrogens is 252 g/mol. The Kier molecular flexibility index (Phi) is 4.49. The summed E-state index contributed by atoms with van der Waals surface area (Å²) >= 11 is 6.11. The molecule has 1 N–H and O–H groups in total. The van der Waals surface area contributed by atoms with E-state index < -0.39 is 6.10 Å². The molecule has 1 aromatic carbocycles. The van der Waals surface area contributed by atoms with Crippen LogP contribution >= 0.6 is 11.6 Å². The Bertz CT molecular complexity index is 406. The second-order valence-electron chi connectivity index (χ2n) is 4.82. The molecule has 1 aromatic rings. The number of rotatable bonds is 4. The van der Waals surface area contributed by atoms with Crippen molar-refractivity contribution in [3.63, 3.8) is 0 Å². The van der Waals surface area contributed by atoms with Gasteiger partial charge in [-0.25, -0.2) is 0 Å². The summed E-state index contributed by atoms with van der Waals surface area (Å²) in [6, 6.07) is 5.35. The van der Waals surface area contributed by atoms with Gasteiger partial charge in [0.2, 0.25) is 0 Å². The molecule has 1 aliphatic rings. The largest absolute Gasteiger partial charge is 0.489 e. The standard InChI is InChI=1S/C14H19ClO3/c1-9-3-5-12(18-9)8-17-14-6-4-11(10(2)16)7-13(14)15/h4,6-7,9-10,12,16H,3,5,8H2,1-2H3. The molecule has 0 spiro atoms. The summed E-state index contributed by atoms with van der Waals surface area (Å²) in [6.45, 7) is 4.31. The van der Waals surface area contributed by atoms with Crippen LogP contribution in [-0.2, 0) is 4.74 Å². The van der Waals surface area contributed by atoms with E-state index in [9.17, 15) is 5.11 Å². The van der Waals surface area contributed by atoms with Crippen LogP contribution < -0.4 is 4.74 Å². The van der Waals surface area contributed by atoms with E-state index >= 15 is 0 Å². The van der Waals surface area contributed by atoms with Crippen molar-refractivity contribution in [2.45, 2.75) is 45.0 Å². The monoisotopic (exact) mass is 270 g/mol. The minimum Gasteiger partial charge on any atom is -0.489 e. The summed E-state index contributed by atoms with van der Waals surface area (Å²) < 4.78 is 11.3. The number of benzene rings is 1. The molecule has 4 heteroatoms. The van der Waals surface area contributed by atoms with Crippen molar-refractivity contribution in [3.8, 4) is 5.75 Å². The maximum Gasteiger partial charge on any atom is 0.138 e. The molecule has 1 aliphatic heterocycles. The fraction of sp³-hybridized carbons (Fsp3) is 0.571. The molecule has 0 aliphatic carbocycles. The highest BCUT2D eigenvalue weighted by Gasteiger charge is 2.22. The Hall–Kier alpha value is -0.770. The zero-order valence-corrected chi connectivity index (χ0v) is 11.5. The SMILES string of the molecule is CC1CCC(COc2ccc(C(C)O)cc2Cl)O1. The number of halogens is 1. The number of hydrogen-bond acceptors (Lipinski definition) is 3. The lowest BCUT2D eigenvalue weighted by molar-refractivity contribution is 0.0265. The average molecular weight is 271 g/mol. The van der Waals surface area contributed by atoms with Crippen molar-refractivity contribution in [1.29, 1.82) is 0 Å². The van der Waals surface area contributed by atoms with Gasteiger partial charge >= 0.3 is 0 Å². The van der Waals surface area contributed by atoms with E-state index in [0.29, 0.717) is 23.5 Å². The lowest BCUT2D eigenvalue weighted by Gasteiger charge is -2.14. The Balaban J connectivity index is 1.93. The Morgan fingerprint density at radius 3 is 2.83 bits per heavy atom. The first kappa shape index (κ1) is 13.7. The van der Waals surface area contributed by atoms with Gasteiger partial charge in [0, 0.05) is 0 Å². The molecule has 3 nitrogen and oxygen atoms in total. The average Bonchev–Trinajstić information content (AvgIpc) is 2.73. The van der Waals surface area contributed by atoms with Gasteiger partial charge in [0.05, 0.1) is 23.3 Å². The fourth-order valence-corrected chi connectivity index (χ4v) is 2.33. The molecule has 0 radical (unpaired) electrons. The van der Waals surface area contributed by atoms with Gasteiger partial charge in [0.15, 0.2) is 0 Å². The zero-order chi connectivity index (χ0) is 13.1. The number of aliphatic hydroxyl groups excluding tert-OH is 1. The van der Waals surface area contributed by atoms with E-state index in [-0.39, 0.29) is 6.10 Å². The van der Waals surface area contributed by atoms with E-state index in [1.807, 2.05) is 6.07 Å². The van der Waals surface area contributed by atoms with E-state index in [2.05, 4.69) is 6.92 Å². The predicted octanol–water partition coefficient (Wildman–Crippen LogP) is 3.34. The summed E-state index contributed by atoms with van der Waals surface area (Å²) in [5, 5.41) is 9.98. The van der Waals surface area contributed by atoms with Gasteiger partial charge in [-0.1, -0.05) is 17.7 Å². The first-order valence-corrected chi connectivity index (χ1v) is 6.70. The van der Waals surface area contributed by atoms with Crippen LogP contribution in [0.3, 0.4) is 0 Å². The number of hydrogen-bond donors (Lipinski definition) is 1. The first-order valence-electron chi connectivity index (χ1n) is 6.32. The highest BCUT2D eigenvalue weighted by molar-refractivity contribution is 6.32. The van der Waals surface area contributed by atoms with Crippen molar-refractivity contribution in [2.75, 3.05) is 6.61 Å². The molecule has 1 saturated heterocycles. The van der Waals surface area contributed by atoms with Crippen LogP contribution in [0, 0.1) is 0 Å².